The molecule has 1 aliphatic heterocycles. The van der Waals surface area contributed by atoms with Crippen molar-refractivity contribution < 1.29 is 4.52 Å². The molecule has 0 spiro atoms. The number of rotatable bonds is 5. The van der Waals surface area contributed by atoms with Gasteiger partial charge in [0.25, 0.3) is 0 Å². The third-order valence-electron chi connectivity index (χ3n) is 4.24. The SMILES string of the molecule is Cc1noc(C)c1CNCc1ccccc1N1CCCC1. The zero-order valence-electron chi connectivity index (χ0n) is 12.9. The van der Waals surface area contributed by atoms with E-state index in [1.54, 1.807) is 0 Å². The molecule has 1 saturated heterocycles. The van der Waals surface area contributed by atoms with Crippen LogP contribution < -0.4 is 10.2 Å². The second-order valence-electron chi connectivity index (χ2n) is 5.73. The Morgan fingerprint density at radius 1 is 1.14 bits per heavy atom. The van der Waals surface area contributed by atoms with Gasteiger partial charge >= 0.3 is 0 Å². The van der Waals surface area contributed by atoms with Crippen LogP contribution in [-0.4, -0.2) is 18.2 Å². The number of aromatic nitrogens is 1. The monoisotopic (exact) mass is 285 g/mol. The molecule has 3 rings (SSSR count). The third-order valence-corrected chi connectivity index (χ3v) is 4.24. The normalized spacial score (nSPS) is 14.9. The number of hydrogen-bond donors (Lipinski definition) is 1. The molecule has 0 atom stereocenters. The van der Waals surface area contributed by atoms with Crippen LogP contribution in [0.1, 0.15) is 35.4 Å². The molecule has 0 aliphatic carbocycles. The van der Waals surface area contributed by atoms with Crippen molar-refractivity contribution in [1.29, 1.82) is 0 Å². The summed E-state index contributed by atoms with van der Waals surface area (Å²) in [5, 5.41) is 7.52. The van der Waals surface area contributed by atoms with Crippen molar-refractivity contribution in [3.63, 3.8) is 0 Å². The molecule has 1 aliphatic rings. The fourth-order valence-corrected chi connectivity index (χ4v) is 3.00. The molecule has 2 heterocycles. The number of hydrogen-bond acceptors (Lipinski definition) is 4. The van der Waals surface area contributed by atoms with Gasteiger partial charge in [-0.1, -0.05) is 23.4 Å². The summed E-state index contributed by atoms with van der Waals surface area (Å²) >= 11 is 0. The Bertz CT molecular complexity index is 580. The lowest BCUT2D eigenvalue weighted by atomic mass is 10.1. The predicted molar refractivity (Wildman–Crippen MR) is 84.4 cm³/mol. The van der Waals surface area contributed by atoms with E-state index in [-0.39, 0.29) is 0 Å². The lowest BCUT2D eigenvalue weighted by molar-refractivity contribution is 0.392. The molecule has 0 saturated carbocycles. The summed E-state index contributed by atoms with van der Waals surface area (Å²) in [6.07, 6.45) is 2.61. The minimum absolute atomic E-state index is 0.801. The zero-order valence-corrected chi connectivity index (χ0v) is 12.9. The fourth-order valence-electron chi connectivity index (χ4n) is 3.00. The average molecular weight is 285 g/mol. The highest BCUT2D eigenvalue weighted by Gasteiger charge is 2.15. The van der Waals surface area contributed by atoms with E-state index in [1.807, 2.05) is 13.8 Å². The number of nitrogens with zero attached hydrogens (tertiary/aromatic N) is 2. The summed E-state index contributed by atoms with van der Waals surface area (Å²) in [4.78, 5) is 2.49. The van der Waals surface area contributed by atoms with Crippen LogP contribution in [0.5, 0.6) is 0 Å². The summed E-state index contributed by atoms with van der Waals surface area (Å²) in [5.74, 6) is 0.910. The van der Waals surface area contributed by atoms with Gasteiger partial charge in [0.1, 0.15) is 5.76 Å². The summed E-state index contributed by atoms with van der Waals surface area (Å²) in [6.45, 7) is 7.99. The van der Waals surface area contributed by atoms with Crippen LogP contribution >= 0.6 is 0 Å². The molecule has 4 heteroatoms. The Labute approximate surface area is 126 Å². The molecule has 2 aromatic rings. The average Bonchev–Trinajstić information content (AvgIpc) is 3.13. The molecule has 1 fully saturated rings. The Kier molecular flexibility index (Phi) is 4.25. The van der Waals surface area contributed by atoms with E-state index in [1.165, 1.54) is 42.7 Å². The maximum absolute atomic E-state index is 5.20. The van der Waals surface area contributed by atoms with Crippen molar-refractivity contribution in [2.45, 2.75) is 39.8 Å². The van der Waals surface area contributed by atoms with Crippen molar-refractivity contribution in [2.75, 3.05) is 18.0 Å². The van der Waals surface area contributed by atoms with E-state index in [0.717, 1.165) is 24.5 Å². The smallest absolute Gasteiger partial charge is 0.138 e. The first-order valence-corrected chi connectivity index (χ1v) is 7.71. The molecule has 0 bridgehead atoms. The number of aryl methyl sites for hydroxylation is 2. The number of benzene rings is 1. The molecular formula is C17H23N3O. The lowest BCUT2D eigenvalue weighted by Gasteiger charge is -2.21. The highest BCUT2D eigenvalue weighted by Crippen LogP contribution is 2.24. The standard InChI is InChI=1S/C17H23N3O/c1-13-16(14(2)21-19-13)12-18-11-15-7-3-4-8-17(15)20-9-5-6-10-20/h3-4,7-8,18H,5-6,9-12H2,1-2H3. The molecule has 0 radical (unpaired) electrons. The Morgan fingerprint density at radius 2 is 1.90 bits per heavy atom. The van der Waals surface area contributed by atoms with Gasteiger partial charge in [0.15, 0.2) is 0 Å². The predicted octanol–water partition coefficient (Wildman–Crippen LogP) is 3.18. The van der Waals surface area contributed by atoms with Crippen LogP contribution in [0.3, 0.4) is 0 Å². The van der Waals surface area contributed by atoms with E-state index in [0.29, 0.717) is 0 Å². The molecule has 0 amide bonds. The Morgan fingerprint density at radius 3 is 2.62 bits per heavy atom. The van der Waals surface area contributed by atoms with Crippen LogP contribution in [0, 0.1) is 13.8 Å². The second kappa shape index (κ2) is 6.31. The minimum Gasteiger partial charge on any atom is -0.371 e. The molecular weight excluding hydrogens is 262 g/mol. The highest BCUT2D eigenvalue weighted by molar-refractivity contribution is 5.54. The van der Waals surface area contributed by atoms with Crippen LogP contribution in [-0.2, 0) is 13.1 Å². The molecule has 21 heavy (non-hydrogen) atoms. The van der Waals surface area contributed by atoms with Gasteiger partial charge in [0.05, 0.1) is 5.69 Å². The maximum Gasteiger partial charge on any atom is 0.138 e. The number of anilines is 1. The van der Waals surface area contributed by atoms with Gasteiger partial charge in [0.2, 0.25) is 0 Å². The molecule has 112 valence electrons. The summed E-state index contributed by atoms with van der Waals surface area (Å²) in [7, 11) is 0. The van der Waals surface area contributed by atoms with E-state index in [2.05, 4.69) is 39.6 Å². The lowest BCUT2D eigenvalue weighted by Crippen LogP contribution is -2.21. The zero-order chi connectivity index (χ0) is 14.7. The van der Waals surface area contributed by atoms with Gasteiger partial charge in [-0.2, -0.15) is 0 Å². The van der Waals surface area contributed by atoms with Gasteiger partial charge in [-0.05, 0) is 38.3 Å². The Hall–Kier alpha value is -1.81. The van der Waals surface area contributed by atoms with Crippen LogP contribution in [0.25, 0.3) is 0 Å². The van der Waals surface area contributed by atoms with Gasteiger partial charge in [-0.15, -0.1) is 0 Å². The molecule has 1 aromatic heterocycles. The van der Waals surface area contributed by atoms with E-state index in [4.69, 9.17) is 4.52 Å². The summed E-state index contributed by atoms with van der Waals surface area (Å²) in [6, 6.07) is 8.70. The Balaban J connectivity index is 1.65. The second-order valence-corrected chi connectivity index (χ2v) is 5.73. The van der Waals surface area contributed by atoms with E-state index in [9.17, 15) is 0 Å². The van der Waals surface area contributed by atoms with Crippen molar-refractivity contribution in [3.8, 4) is 0 Å². The molecule has 1 aromatic carbocycles. The van der Waals surface area contributed by atoms with Crippen molar-refractivity contribution in [1.82, 2.24) is 10.5 Å². The minimum atomic E-state index is 0.801. The quantitative estimate of drug-likeness (QED) is 0.916. The van der Waals surface area contributed by atoms with Gasteiger partial charge in [-0.25, -0.2) is 0 Å². The largest absolute Gasteiger partial charge is 0.371 e. The topological polar surface area (TPSA) is 41.3 Å². The van der Waals surface area contributed by atoms with Gasteiger partial charge in [-0.3, -0.25) is 0 Å². The summed E-state index contributed by atoms with van der Waals surface area (Å²) < 4.78 is 5.20. The maximum atomic E-state index is 5.20. The van der Waals surface area contributed by atoms with Crippen molar-refractivity contribution >= 4 is 5.69 Å². The summed E-state index contributed by atoms with van der Waals surface area (Å²) in [5.41, 5.74) is 4.90. The van der Waals surface area contributed by atoms with Crippen LogP contribution in [0.4, 0.5) is 5.69 Å². The molecule has 1 N–H and O–H groups in total. The third kappa shape index (κ3) is 3.10. The first-order chi connectivity index (χ1) is 10.3. The highest BCUT2D eigenvalue weighted by atomic mass is 16.5. The van der Waals surface area contributed by atoms with Crippen molar-refractivity contribution in [3.05, 3.63) is 46.8 Å². The van der Waals surface area contributed by atoms with Crippen LogP contribution in [0.15, 0.2) is 28.8 Å². The van der Waals surface area contributed by atoms with Crippen molar-refractivity contribution in [2.24, 2.45) is 0 Å². The van der Waals surface area contributed by atoms with E-state index < -0.39 is 0 Å². The van der Waals surface area contributed by atoms with Gasteiger partial charge < -0.3 is 14.7 Å². The molecule has 0 unspecified atom stereocenters. The number of nitrogens with one attached hydrogen (secondary N) is 1. The fraction of sp³-hybridized carbons (Fsp3) is 0.471. The van der Waals surface area contributed by atoms with Gasteiger partial charge in [0, 0.05) is 37.4 Å². The van der Waals surface area contributed by atoms with E-state index >= 15 is 0 Å². The first kappa shape index (κ1) is 14.1. The first-order valence-electron chi connectivity index (χ1n) is 7.71. The number of para-hydroxylation sites is 1. The molecule has 4 nitrogen and oxygen atoms in total. The van der Waals surface area contributed by atoms with Crippen LogP contribution in [0.2, 0.25) is 0 Å².